The molecular weight excluding hydrogens is 130 g/mol. The largest absolute Gasteiger partial charge is 0.300 e. The quantitative estimate of drug-likeness (QED) is 0.407. The van der Waals surface area contributed by atoms with Gasteiger partial charge in [0, 0.05) is 12.8 Å². The third-order valence-electron chi connectivity index (χ3n) is 1.74. The van der Waals surface area contributed by atoms with Gasteiger partial charge in [0.25, 0.3) is 0 Å². The van der Waals surface area contributed by atoms with Crippen molar-refractivity contribution in [2.45, 2.75) is 25.3 Å². The fourth-order valence-corrected chi connectivity index (χ4v) is 1.04. The van der Waals surface area contributed by atoms with Crippen LogP contribution in [0.1, 0.15) is 19.3 Å². The predicted octanol–water partition coefficient (Wildman–Crippen LogP) is 1.43. The Labute approximate surface area is 59.1 Å². The van der Waals surface area contributed by atoms with Crippen LogP contribution in [0.25, 0.3) is 0 Å². The van der Waals surface area contributed by atoms with Crippen LogP contribution in [0.15, 0.2) is 17.3 Å². The zero-order valence-corrected chi connectivity index (χ0v) is 5.67. The lowest BCUT2D eigenvalue weighted by Crippen LogP contribution is -2.19. The van der Waals surface area contributed by atoms with Crippen LogP contribution in [0, 0.1) is 4.91 Å². The zero-order valence-electron chi connectivity index (χ0n) is 5.67. The molecule has 1 aliphatic rings. The van der Waals surface area contributed by atoms with E-state index >= 15 is 0 Å². The van der Waals surface area contributed by atoms with Crippen LogP contribution in [0.4, 0.5) is 0 Å². The average Bonchev–Trinajstić information content (AvgIpc) is 1.94. The van der Waals surface area contributed by atoms with Crippen molar-refractivity contribution < 1.29 is 4.79 Å². The summed E-state index contributed by atoms with van der Waals surface area (Å²) in [5.74, 6) is 0.122. The van der Waals surface area contributed by atoms with E-state index in [4.69, 9.17) is 0 Å². The summed E-state index contributed by atoms with van der Waals surface area (Å²) in [5.41, 5.74) is 0.801. The van der Waals surface area contributed by atoms with Gasteiger partial charge in [-0.2, -0.15) is 4.91 Å². The van der Waals surface area contributed by atoms with Crippen LogP contribution >= 0.6 is 0 Å². The molecule has 0 N–H and O–H groups in total. The molecule has 1 atom stereocenters. The molecule has 1 unspecified atom stereocenters. The second kappa shape index (κ2) is 2.73. The van der Waals surface area contributed by atoms with Crippen LogP contribution in [0.5, 0.6) is 0 Å². The SMILES string of the molecule is C=C1CCC(=O)CC1N=O. The first-order valence-electron chi connectivity index (χ1n) is 3.26. The normalized spacial score (nSPS) is 26.6. The highest BCUT2D eigenvalue weighted by Gasteiger charge is 2.22. The lowest BCUT2D eigenvalue weighted by molar-refractivity contribution is -0.119. The van der Waals surface area contributed by atoms with Crippen molar-refractivity contribution in [3.05, 3.63) is 17.1 Å². The summed E-state index contributed by atoms with van der Waals surface area (Å²) in [6.07, 6.45) is 1.43. The highest BCUT2D eigenvalue weighted by Crippen LogP contribution is 2.21. The van der Waals surface area contributed by atoms with Gasteiger partial charge in [-0.05, 0) is 12.0 Å². The summed E-state index contributed by atoms with van der Waals surface area (Å²) >= 11 is 0. The minimum Gasteiger partial charge on any atom is -0.300 e. The number of carbonyl (C=O) groups excluding carboxylic acids is 1. The van der Waals surface area contributed by atoms with E-state index in [1.165, 1.54) is 0 Å². The fourth-order valence-electron chi connectivity index (χ4n) is 1.04. The molecule has 0 aliphatic heterocycles. The van der Waals surface area contributed by atoms with Gasteiger partial charge in [-0.3, -0.25) is 4.79 Å². The summed E-state index contributed by atoms with van der Waals surface area (Å²) in [7, 11) is 0. The number of Topliss-reactive ketones (excluding diaryl/α,β-unsaturated/α-hetero) is 1. The van der Waals surface area contributed by atoms with Crippen LogP contribution in [0.3, 0.4) is 0 Å². The molecule has 1 saturated carbocycles. The number of ketones is 1. The minimum absolute atomic E-state index is 0.122. The number of hydrogen-bond acceptors (Lipinski definition) is 3. The summed E-state index contributed by atoms with van der Waals surface area (Å²) in [5, 5.41) is 2.81. The molecule has 3 nitrogen and oxygen atoms in total. The van der Waals surface area contributed by atoms with E-state index in [1.54, 1.807) is 0 Å². The van der Waals surface area contributed by atoms with Crippen molar-refractivity contribution >= 4 is 5.78 Å². The van der Waals surface area contributed by atoms with Gasteiger partial charge in [0.15, 0.2) is 0 Å². The molecule has 0 spiro atoms. The number of rotatable bonds is 1. The van der Waals surface area contributed by atoms with Crippen molar-refractivity contribution in [3.8, 4) is 0 Å². The maximum Gasteiger partial charge on any atom is 0.135 e. The molecule has 0 aromatic rings. The third kappa shape index (κ3) is 1.29. The minimum atomic E-state index is -0.443. The van der Waals surface area contributed by atoms with Gasteiger partial charge in [-0.15, -0.1) is 0 Å². The van der Waals surface area contributed by atoms with E-state index in [-0.39, 0.29) is 12.2 Å². The lowest BCUT2D eigenvalue weighted by atomic mass is 9.91. The zero-order chi connectivity index (χ0) is 7.56. The van der Waals surface area contributed by atoms with Gasteiger partial charge in [-0.25, -0.2) is 0 Å². The summed E-state index contributed by atoms with van der Waals surface area (Å²) in [6, 6.07) is -0.443. The molecule has 0 saturated heterocycles. The second-order valence-corrected chi connectivity index (χ2v) is 2.52. The molecular formula is C7H9NO2. The smallest absolute Gasteiger partial charge is 0.135 e. The van der Waals surface area contributed by atoms with Crippen LogP contribution in [-0.4, -0.2) is 11.8 Å². The lowest BCUT2D eigenvalue weighted by Gasteiger charge is -2.16. The fraction of sp³-hybridized carbons (Fsp3) is 0.571. The Hall–Kier alpha value is -0.990. The first-order chi connectivity index (χ1) is 4.74. The van der Waals surface area contributed by atoms with Crippen LogP contribution < -0.4 is 0 Å². The summed E-state index contributed by atoms with van der Waals surface area (Å²) in [6.45, 7) is 3.65. The van der Waals surface area contributed by atoms with E-state index in [2.05, 4.69) is 11.8 Å². The van der Waals surface area contributed by atoms with Gasteiger partial charge in [0.2, 0.25) is 0 Å². The third-order valence-corrected chi connectivity index (χ3v) is 1.74. The highest BCUT2D eigenvalue weighted by atomic mass is 16.3. The predicted molar refractivity (Wildman–Crippen MR) is 37.6 cm³/mol. The molecule has 0 amide bonds. The molecule has 1 rings (SSSR count). The van der Waals surface area contributed by atoms with E-state index in [0.717, 1.165) is 5.57 Å². The van der Waals surface area contributed by atoms with Gasteiger partial charge in [-0.1, -0.05) is 11.8 Å². The Balaban J connectivity index is 2.62. The molecule has 0 heterocycles. The van der Waals surface area contributed by atoms with E-state index in [9.17, 15) is 9.70 Å². The maximum absolute atomic E-state index is 10.7. The molecule has 0 bridgehead atoms. The Morgan fingerprint density at radius 1 is 1.50 bits per heavy atom. The van der Waals surface area contributed by atoms with E-state index in [1.807, 2.05) is 0 Å². The van der Waals surface area contributed by atoms with Gasteiger partial charge in [0.05, 0.1) is 0 Å². The Bertz CT molecular complexity index is 186. The first kappa shape index (κ1) is 7.12. The standard InChI is InChI=1S/C7H9NO2/c1-5-2-3-6(9)4-7(5)8-10/h7H,1-4H2. The summed E-state index contributed by atoms with van der Waals surface area (Å²) < 4.78 is 0. The van der Waals surface area contributed by atoms with Crippen LogP contribution in [-0.2, 0) is 4.79 Å². The van der Waals surface area contributed by atoms with Crippen molar-refractivity contribution in [1.29, 1.82) is 0 Å². The Morgan fingerprint density at radius 2 is 2.20 bits per heavy atom. The molecule has 0 aromatic carbocycles. The second-order valence-electron chi connectivity index (χ2n) is 2.52. The number of nitroso groups, excluding NO2 is 1. The first-order valence-corrected chi connectivity index (χ1v) is 3.26. The van der Waals surface area contributed by atoms with Gasteiger partial charge >= 0.3 is 0 Å². The molecule has 1 fully saturated rings. The summed E-state index contributed by atoms with van der Waals surface area (Å²) in [4.78, 5) is 20.8. The molecule has 0 aromatic heterocycles. The Kier molecular flexibility index (Phi) is 1.94. The van der Waals surface area contributed by atoms with Crippen molar-refractivity contribution in [2.24, 2.45) is 5.18 Å². The van der Waals surface area contributed by atoms with Crippen molar-refractivity contribution in [3.63, 3.8) is 0 Å². The number of carbonyl (C=O) groups is 1. The molecule has 3 heteroatoms. The van der Waals surface area contributed by atoms with E-state index < -0.39 is 6.04 Å². The highest BCUT2D eigenvalue weighted by molar-refractivity contribution is 5.81. The Morgan fingerprint density at radius 3 is 2.70 bits per heavy atom. The number of hydrogen-bond donors (Lipinski definition) is 0. The molecule has 0 radical (unpaired) electrons. The molecule has 54 valence electrons. The topological polar surface area (TPSA) is 46.5 Å². The monoisotopic (exact) mass is 139 g/mol. The van der Waals surface area contributed by atoms with E-state index in [0.29, 0.717) is 12.8 Å². The molecule has 1 aliphatic carbocycles. The number of nitrogens with zero attached hydrogens (tertiary/aromatic N) is 1. The average molecular weight is 139 g/mol. The molecule has 10 heavy (non-hydrogen) atoms. The van der Waals surface area contributed by atoms with Gasteiger partial charge < -0.3 is 0 Å². The van der Waals surface area contributed by atoms with Crippen molar-refractivity contribution in [2.75, 3.05) is 0 Å². The van der Waals surface area contributed by atoms with Gasteiger partial charge in [0.1, 0.15) is 11.8 Å². The van der Waals surface area contributed by atoms with Crippen LogP contribution in [0.2, 0.25) is 0 Å². The van der Waals surface area contributed by atoms with Crippen molar-refractivity contribution in [1.82, 2.24) is 0 Å². The maximum atomic E-state index is 10.7.